The van der Waals surface area contributed by atoms with E-state index in [0.717, 1.165) is 31.6 Å². The van der Waals surface area contributed by atoms with E-state index in [2.05, 4.69) is 6.58 Å². The summed E-state index contributed by atoms with van der Waals surface area (Å²) in [4.78, 5) is 25.8. The molecule has 3 heteroatoms. The standard InChI is InChI=1S/C22H32O3/c1-13(2)20(24)25-21(3,4)22-8-7-15(12-22)11-18(22)19(23)17-10-14-5-6-16(17)9-14/h14-18H,1,5-12H2,2-4H3. The monoisotopic (exact) mass is 344 g/mol. The Morgan fingerprint density at radius 2 is 1.84 bits per heavy atom. The molecule has 0 radical (unpaired) electrons. The molecule has 4 aliphatic carbocycles. The zero-order chi connectivity index (χ0) is 18.0. The molecule has 0 spiro atoms. The summed E-state index contributed by atoms with van der Waals surface area (Å²) in [7, 11) is 0. The van der Waals surface area contributed by atoms with Crippen molar-refractivity contribution in [3.63, 3.8) is 0 Å². The van der Waals surface area contributed by atoms with Crippen LogP contribution in [0.15, 0.2) is 12.2 Å². The van der Waals surface area contributed by atoms with Gasteiger partial charge in [0.25, 0.3) is 0 Å². The second kappa shape index (κ2) is 5.69. The fraction of sp³-hybridized carbons (Fsp3) is 0.818. The van der Waals surface area contributed by atoms with Crippen molar-refractivity contribution in [3.05, 3.63) is 12.2 Å². The Kier molecular flexibility index (Phi) is 3.94. The van der Waals surface area contributed by atoms with Gasteiger partial charge in [0.1, 0.15) is 11.4 Å². The van der Waals surface area contributed by atoms with E-state index in [1.807, 2.05) is 13.8 Å². The Balaban J connectivity index is 1.59. The molecule has 0 saturated heterocycles. The summed E-state index contributed by atoms with van der Waals surface area (Å²) in [5.74, 6) is 2.62. The molecule has 138 valence electrons. The van der Waals surface area contributed by atoms with Gasteiger partial charge in [-0.3, -0.25) is 4.79 Å². The number of fused-ring (bicyclic) bond motifs is 4. The van der Waals surface area contributed by atoms with E-state index in [4.69, 9.17) is 4.74 Å². The topological polar surface area (TPSA) is 43.4 Å². The van der Waals surface area contributed by atoms with Crippen LogP contribution in [-0.4, -0.2) is 17.4 Å². The van der Waals surface area contributed by atoms with Gasteiger partial charge in [-0.1, -0.05) is 13.0 Å². The van der Waals surface area contributed by atoms with E-state index < -0.39 is 5.60 Å². The Labute approximate surface area is 151 Å². The Hall–Kier alpha value is -1.12. The molecule has 0 aliphatic heterocycles. The zero-order valence-corrected chi connectivity index (χ0v) is 16.0. The van der Waals surface area contributed by atoms with E-state index >= 15 is 0 Å². The van der Waals surface area contributed by atoms with Gasteiger partial charge in [-0.05, 0) is 83.5 Å². The highest BCUT2D eigenvalue weighted by Gasteiger charge is 2.64. The minimum atomic E-state index is -0.605. The number of hydrogen-bond donors (Lipinski definition) is 0. The van der Waals surface area contributed by atoms with Crippen LogP contribution in [0, 0.1) is 35.0 Å². The van der Waals surface area contributed by atoms with Crippen LogP contribution >= 0.6 is 0 Å². The first-order valence-corrected chi connectivity index (χ1v) is 10.2. The van der Waals surface area contributed by atoms with E-state index in [9.17, 15) is 9.59 Å². The number of rotatable bonds is 5. The molecule has 0 amide bonds. The average Bonchev–Trinajstić information content (AvgIpc) is 3.32. The summed E-state index contributed by atoms with van der Waals surface area (Å²) >= 11 is 0. The van der Waals surface area contributed by atoms with E-state index in [1.165, 1.54) is 25.7 Å². The summed E-state index contributed by atoms with van der Waals surface area (Å²) in [6, 6.07) is 0. The summed E-state index contributed by atoms with van der Waals surface area (Å²) in [5, 5.41) is 0. The largest absolute Gasteiger partial charge is 0.456 e. The maximum Gasteiger partial charge on any atom is 0.333 e. The number of ether oxygens (including phenoxy) is 1. The molecular formula is C22H32O3. The Morgan fingerprint density at radius 1 is 1.08 bits per heavy atom. The first-order valence-electron chi connectivity index (χ1n) is 10.2. The van der Waals surface area contributed by atoms with E-state index in [1.54, 1.807) is 6.92 Å². The molecule has 4 bridgehead atoms. The van der Waals surface area contributed by atoms with Crippen LogP contribution in [0.2, 0.25) is 0 Å². The average molecular weight is 344 g/mol. The van der Waals surface area contributed by atoms with Crippen molar-refractivity contribution >= 4 is 11.8 Å². The molecule has 0 heterocycles. The molecule has 0 aromatic carbocycles. The molecule has 25 heavy (non-hydrogen) atoms. The first kappa shape index (κ1) is 17.3. The molecule has 4 saturated carbocycles. The van der Waals surface area contributed by atoms with Crippen molar-refractivity contribution in [1.82, 2.24) is 0 Å². The van der Waals surface area contributed by atoms with Crippen molar-refractivity contribution < 1.29 is 14.3 Å². The smallest absolute Gasteiger partial charge is 0.333 e. The minimum absolute atomic E-state index is 0.0866. The van der Waals surface area contributed by atoms with Crippen LogP contribution in [0.3, 0.4) is 0 Å². The lowest BCUT2D eigenvalue weighted by Gasteiger charge is -2.47. The van der Waals surface area contributed by atoms with Crippen molar-refractivity contribution in [3.8, 4) is 0 Å². The first-order chi connectivity index (χ1) is 11.7. The number of Topliss-reactive ketones (excluding diaryl/α,β-unsaturated/α-hetero) is 1. The van der Waals surface area contributed by atoms with Crippen LogP contribution in [-0.2, 0) is 14.3 Å². The van der Waals surface area contributed by atoms with E-state index in [0.29, 0.717) is 23.2 Å². The SMILES string of the molecule is C=C(C)C(=O)OC(C)(C)C12CCC(CC1C(=O)C1CC3CCC1C3)C2. The fourth-order valence-electron chi connectivity index (χ4n) is 6.88. The Bertz CT molecular complexity index is 619. The second-order valence-corrected chi connectivity index (χ2v) is 9.92. The number of hydrogen-bond acceptors (Lipinski definition) is 3. The van der Waals surface area contributed by atoms with Crippen LogP contribution < -0.4 is 0 Å². The molecule has 3 nitrogen and oxygen atoms in total. The van der Waals surface area contributed by atoms with Crippen molar-refractivity contribution in [2.24, 2.45) is 35.0 Å². The second-order valence-electron chi connectivity index (χ2n) is 9.92. The van der Waals surface area contributed by atoms with Crippen LogP contribution in [0.5, 0.6) is 0 Å². The molecule has 0 N–H and O–H groups in total. The third-order valence-electron chi connectivity index (χ3n) is 8.23. The fourth-order valence-corrected chi connectivity index (χ4v) is 6.88. The van der Waals surface area contributed by atoms with Crippen LogP contribution in [0.1, 0.15) is 72.1 Å². The van der Waals surface area contributed by atoms with Crippen LogP contribution in [0.4, 0.5) is 0 Å². The van der Waals surface area contributed by atoms with Gasteiger partial charge < -0.3 is 4.74 Å². The van der Waals surface area contributed by atoms with Gasteiger partial charge in [0, 0.05) is 22.8 Å². The van der Waals surface area contributed by atoms with Crippen molar-refractivity contribution in [2.45, 2.75) is 77.7 Å². The number of carbonyl (C=O) groups is 2. The van der Waals surface area contributed by atoms with Crippen molar-refractivity contribution in [2.75, 3.05) is 0 Å². The quantitative estimate of drug-likeness (QED) is 0.536. The van der Waals surface area contributed by atoms with Gasteiger partial charge >= 0.3 is 5.97 Å². The highest BCUT2D eigenvalue weighted by atomic mass is 16.6. The Morgan fingerprint density at radius 3 is 2.40 bits per heavy atom. The van der Waals surface area contributed by atoms with Crippen LogP contribution in [0.25, 0.3) is 0 Å². The molecule has 0 aromatic rings. The highest BCUT2D eigenvalue weighted by Crippen LogP contribution is 2.65. The van der Waals surface area contributed by atoms with E-state index in [-0.39, 0.29) is 23.2 Å². The lowest BCUT2D eigenvalue weighted by molar-refractivity contribution is -0.174. The predicted octanol–water partition coefficient (Wildman–Crippen LogP) is 4.70. The number of carbonyl (C=O) groups excluding carboxylic acids is 2. The maximum absolute atomic E-state index is 13.5. The lowest BCUT2D eigenvalue weighted by Crippen LogP contribution is -2.52. The molecule has 0 aromatic heterocycles. The molecule has 4 fully saturated rings. The summed E-state index contributed by atoms with van der Waals surface area (Å²) in [6.45, 7) is 9.48. The number of ketones is 1. The third kappa shape index (κ3) is 2.52. The molecule has 6 unspecified atom stereocenters. The third-order valence-corrected chi connectivity index (χ3v) is 8.23. The molecule has 4 aliphatic rings. The molecule has 4 rings (SSSR count). The van der Waals surface area contributed by atoms with Gasteiger partial charge in [0.05, 0.1) is 0 Å². The molecule has 6 atom stereocenters. The highest BCUT2D eigenvalue weighted by molar-refractivity contribution is 5.88. The molecular weight excluding hydrogens is 312 g/mol. The summed E-state index contributed by atoms with van der Waals surface area (Å²) in [6.07, 6.45) is 9.22. The predicted molar refractivity (Wildman–Crippen MR) is 96.8 cm³/mol. The maximum atomic E-state index is 13.5. The van der Waals surface area contributed by atoms with Gasteiger partial charge in [-0.2, -0.15) is 0 Å². The van der Waals surface area contributed by atoms with Gasteiger partial charge in [0.15, 0.2) is 0 Å². The van der Waals surface area contributed by atoms with Gasteiger partial charge in [-0.25, -0.2) is 4.79 Å². The summed E-state index contributed by atoms with van der Waals surface area (Å²) < 4.78 is 5.92. The zero-order valence-electron chi connectivity index (χ0n) is 16.0. The van der Waals surface area contributed by atoms with Gasteiger partial charge in [-0.15, -0.1) is 0 Å². The van der Waals surface area contributed by atoms with Gasteiger partial charge in [0.2, 0.25) is 0 Å². The lowest BCUT2D eigenvalue weighted by atomic mass is 9.61. The summed E-state index contributed by atoms with van der Waals surface area (Å²) in [5.41, 5.74) is -0.332. The minimum Gasteiger partial charge on any atom is -0.456 e. The number of esters is 1. The normalized spacial score (nSPS) is 42.0. The van der Waals surface area contributed by atoms with Crippen molar-refractivity contribution in [1.29, 1.82) is 0 Å².